The number of H-pyrrole nitrogens is 1. The first-order valence-corrected chi connectivity index (χ1v) is 6.35. The maximum absolute atomic E-state index is 12.1. The van der Waals surface area contributed by atoms with Gasteiger partial charge in [0.2, 0.25) is 0 Å². The minimum absolute atomic E-state index is 0.0940. The molecule has 0 radical (unpaired) electrons. The Bertz CT molecular complexity index is 576. The number of carbonyl (C=O) groups excluding carboxylic acids is 1. The number of imidazole rings is 1. The van der Waals surface area contributed by atoms with Crippen LogP contribution in [0.25, 0.3) is 0 Å². The normalized spacial score (nSPS) is 12.2. The predicted octanol–water partition coefficient (Wildman–Crippen LogP) is 2.30. The molecular formula is C14H18N4O. The highest BCUT2D eigenvalue weighted by molar-refractivity contribution is 5.93. The van der Waals surface area contributed by atoms with E-state index in [1.807, 2.05) is 32.9 Å². The molecule has 5 nitrogen and oxygen atoms in total. The molecule has 2 N–H and O–H groups in total. The second-order valence-corrected chi connectivity index (χ2v) is 4.57. The van der Waals surface area contributed by atoms with Crippen molar-refractivity contribution in [3.8, 4) is 0 Å². The summed E-state index contributed by atoms with van der Waals surface area (Å²) in [6.45, 7) is 5.86. The van der Waals surface area contributed by atoms with Gasteiger partial charge >= 0.3 is 0 Å². The summed E-state index contributed by atoms with van der Waals surface area (Å²) in [7, 11) is 0. The Balaban J connectivity index is 2.16. The minimum atomic E-state index is -0.172. The fraction of sp³-hybridized carbons (Fsp3) is 0.357. The van der Waals surface area contributed by atoms with Gasteiger partial charge in [0.25, 0.3) is 5.91 Å². The standard InChI is InChI=1S/C14H18N4O/c1-4-11(12-7-9(2)5-6-15-12)18-14(19)13-10(3)16-8-17-13/h5-8,11H,4H2,1-3H3,(H,16,17)(H,18,19)/t11-/m0/s1. The summed E-state index contributed by atoms with van der Waals surface area (Å²) < 4.78 is 0. The highest BCUT2D eigenvalue weighted by Gasteiger charge is 2.18. The van der Waals surface area contributed by atoms with Gasteiger partial charge in [0.1, 0.15) is 5.69 Å². The number of carbonyl (C=O) groups is 1. The van der Waals surface area contributed by atoms with E-state index < -0.39 is 0 Å². The largest absolute Gasteiger partial charge is 0.348 e. The Hall–Kier alpha value is -2.17. The molecule has 5 heteroatoms. The molecule has 0 unspecified atom stereocenters. The van der Waals surface area contributed by atoms with E-state index >= 15 is 0 Å². The summed E-state index contributed by atoms with van der Waals surface area (Å²) in [5.41, 5.74) is 3.22. The molecule has 2 aromatic heterocycles. The Kier molecular flexibility index (Phi) is 3.94. The van der Waals surface area contributed by atoms with Gasteiger partial charge in [-0.1, -0.05) is 6.92 Å². The van der Waals surface area contributed by atoms with E-state index in [9.17, 15) is 4.79 Å². The molecule has 0 spiro atoms. The van der Waals surface area contributed by atoms with Crippen molar-refractivity contribution in [2.75, 3.05) is 0 Å². The first-order chi connectivity index (χ1) is 9.11. The van der Waals surface area contributed by atoms with Crippen molar-refractivity contribution in [1.82, 2.24) is 20.3 Å². The SMILES string of the molecule is CC[C@H](NC(=O)c1nc[nH]c1C)c1cc(C)ccn1. The predicted molar refractivity (Wildman–Crippen MR) is 72.8 cm³/mol. The van der Waals surface area contributed by atoms with Crippen LogP contribution in [-0.2, 0) is 0 Å². The van der Waals surface area contributed by atoms with Gasteiger partial charge in [-0.25, -0.2) is 4.98 Å². The maximum Gasteiger partial charge on any atom is 0.272 e. The monoisotopic (exact) mass is 258 g/mol. The molecule has 1 amide bonds. The van der Waals surface area contributed by atoms with Gasteiger partial charge in [-0.3, -0.25) is 9.78 Å². The quantitative estimate of drug-likeness (QED) is 0.884. The van der Waals surface area contributed by atoms with Crippen molar-refractivity contribution < 1.29 is 4.79 Å². The molecule has 0 aliphatic rings. The second kappa shape index (κ2) is 5.65. The average molecular weight is 258 g/mol. The van der Waals surface area contributed by atoms with Gasteiger partial charge in [0.05, 0.1) is 18.1 Å². The summed E-state index contributed by atoms with van der Waals surface area (Å²) in [4.78, 5) is 23.4. The van der Waals surface area contributed by atoms with Crippen LogP contribution in [0.3, 0.4) is 0 Å². The van der Waals surface area contributed by atoms with Crippen LogP contribution < -0.4 is 5.32 Å². The first-order valence-electron chi connectivity index (χ1n) is 6.35. The highest BCUT2D eigenvalue weighted by Crippen LogP contribution is 2.16. The van der Waals surface area contributed by atoms with Gasteiger partial charge in [-0.05, 0) is 38.0 Å². The van der Waals surface area contributed by atoms with Crippen LogP contribution in [-0.4, -0.2) is 20.9 Å². The molecule has 0 aromatic carbocycles. The van der Waals surface area contributed by atoms with Crippen molar-refractivity contribution in [2.24, 2.45) is 0 Å². The molecule has 19 heavy (non-hydrogen) atoms. The van der Waals surface area contributed by atoms with Crippen molar-refractivity contribution in [2.45, 2.75) is 33.2 Å². The first kappa shape index (κ1) is 13.3. The van der Waals surface area contributed by atoms with Crippen molar-refractivity contribution >= 4 is 5.91 Å². The van der Waals surface area contributed by atoms with Crippen LogP contribution in [0.1, 0.15) is 46.8 Å². The lowest BCUT2D eigenvalue weighted by atomic mass is 10.1. The molecule has 1 atom stereocenters. The molecule has 2 rings (SSSR count). The lowest BCUT2D eigenvalue weighted by Gasteiger charge is -2.16. The zero-order chi connectivity index (χ0) is 13.8. The topological polar surface area (TPSA) is 70.7 Å². The smallest absolute Gasteiger partial charge is 0.272 e. The Morgan fingerprint density at radius 1 is 1.42 bits per heavy atom. The van der Waals surface area contributed by atoms with Crippen LogP contribution >= 0.6 is 0 Å². The van der Waals surface area contributed by atoms with Gasteiger partial charge < -0.3 is 10.3 Å². The van der Waals surface area contributed by atoms with Gasteiger partial charge in [-0.15, -0.1) is 0 Å². The number of hydrogen-bond acceptors (Lipinski definition) is 3. The van der Waals surface area contributed by atoms with Crippen LogP contribution in [0.2, 0.25) is 0 Å². The molecule has 0 saturated carbocycles. The lowest BCUT2D eigenvalue weighted by molar-refractivity contribution is 0.0929. The van der Waals surface area contributed by atoms with Crippen molar-refractivity contribution in [3.63, 3.8) is 0 Å². The summed E-state index contributed by atoms with van der Waals surface area (Å²) in [5.74, 6) is -0.172. The maximum atomic E-state index is 12.1. The molecule has 0 aliphatic heterocycles. The van der Waals surface area contributed by atoms with Gasteiger partial charge in [-0.2, -0.15) is 0 Å². The minimum Gasteiger partial charge on any atom is -0.348 e. The molecule has 2 aromatic rings. The van der Waals surface area contributed by atoms with E-state index in [-0.39, 0.29) is 11.9 Å². The zero-order valence-electron chi connectivity index (χ0n) is 11.4. The third-order valence-electron chi connectivity index (χ3n) is 3.05. The van der Waals surface area contributed by atoms with E-state index in [1.165, 1.54) is 6.33 Å². The third kappa shape index (κ3) is 2.99. The third-order valence-corrected chi connectivity index (χ3v) is 3.05. The van der Waals surface area contributed by atoms with E-state index in [4.69, 9.17) is 0 Å². The molecule has 0 aliphatic carbocycles. The number of nitrogens with one attached hydrogen (secondary N) is 2. The molecule has 0 fully saturated rings. The zero-order valence-corrected chi connectivity index (χ0v) is 11.4. The summed E-state index contributed by atoms with van der Waals surface area (Å²) in [5, 5.41) is 2.97. The van der Waals surface area contributed by atoms with Crippen LogP contribution in [0.15, 0.2) is 24.7 Å². The molecular weight excluding hydrogens is 240 g/mol. The van der Waals surface area contributed by atoms with E-state index in [0.29, 0.717) is 5.69 Å². The molecule has 0 saturated heterocycles. The van der Waals surface area contributed by atoms with Gasteiger partial charge in [0, 0.05) is 11.9 Å². The summed E-state index contributed by atoms with van der Waals surface area (Å²) in [6.07, 6.45) is 4.07. The second-order valence-electron chi connectivity index (χ2n) is 4.57. The number of aromatic nitrogens is 3. The van der Waals surface area contributed by atoms with E-state index in [2.05, 4.69) is 20.3 Å². The Morgan fingerprint density at radius 2 is 2.21 bits per heavy atom. The number of amides is 1. The number of rotatable bonds is 4. The highest BCUT2D eigenvalue weighted by atomic mass is 16.2. The number of nitrogens with zero attached hydrogens (tertiary/aromatic N) is 2. The van der Waals surface area contributed by atoms with Crippen molar-refractivity contribution in [3.05, 3.63) is 47.3 Å². The van der Waals surface area contributed by atoms with E-state index in [0.717, 1.165) is 23.4 Å². The Morgan fingerprint density at radius 3 is 2.79 bits per heavy atom. The number of hydrogen-bond donors (Lipinski definition) is 2. The number of pyridine rings is 1. The van der Waals surface area contributed by atoms with Gasteiger partial charge in [0.15, 0.2) is 0 Å². The van der Waals surface area contributed by atoms with Crippen LogP contribution in [0.5, 0.6) is 0 Å². The molecule has 0 bridgehead atoms. The molecule has 100 valence electrons. The number of aryl methyl sites for hydroxylation is 2. The van der Waals surface area contributed by atoms with E-state index in [1.54, 1.807) is 6.20 Å². The molecule has 2 heterocycles. The van der Waals surface area contributed by atoms with Crippen molar-refractivity contribution in [1.29, 1.82) is 0 Å². The average Bonchev–Trinajstić information content (AvgIpc) is 2.82. The summed E-state index contributed by atoms with van der Waals surface area (Å²) >= 11 is 0. The van der Waals surface area contributed by atoms with Crippen LogP contribution in [0.4, 0.5) is 0 Å². The summed E-state index contributed by atoms with van der Waals surface area (Å²) in [6, 6.07) is 3.84. The Labute approximate surface area is 112 Å². The number of aromatic amines is 1. The fourth-order valence-corrected chi connectivity index (χ4v) is 1.95. The fourth-order valence-electron chi connectivity index (χ4n) is 1.95. The lowest BCUT2D eigenvalue weighted by Crippen LogP contribution is -2.29. The van der Waals surface area contributed by atoms with Crippen LogP contribution in [0, 0.1) is 13.8 Å².